The Morgan fingerprint density at radius 1 is 1.39 bits per heavy atom. The van der Waals surface area contributed by atoms with E-state index in [2.05, 4.69) is 46.6 Å². The summed E-state index contributed by atoms with van der Waals surface area (Å²) in [6, 6.07) is 8.79. The third-order valence-corrected chi connectivity index (χ3v) is 5.13. The molecule has 0 N–H and O–H groups in total. The van der Waals surface area contributed by atoms with E-state index >= 15 is 0 Å². The predicted octanol–water partition coefficient (Wildman–Crippen LogP) is 3.46. The van der Waals surface area contributed by atoms with E-state index in [-0.39, 0.29) is 0 Å². The lowest BCUT2D eigenvalue weighted by atomic mass is 10.0. The van der Waals surface area contributed by atoms with Gasteiger partial charge in [-0.15, -0.1) is 23.1 Å². The standard InChI is InChI=1S/C14H16N2S2/c1-16(7-12-9-17-10-15-12)6-11-8-18-14-5-3-2-4-13(11)14/h2-5,9-11H,6-8H2,1H3. The molecule has 1 aliphatic rings. The third kappa shape index (κ3) is 2.60. The van der Waals surface area contributed by atoms with Crippen molar-refractivity contribution in [1.29, 1.82) is 0 Å². The number of thioether (sulfide) groups is 1. The van der Waals surface area contributed by atoms with Crippen molar-refractivity contribution in [2.24, 2.45) is 0 Å². The van der Waals surface area contributed by atoms with E-state index in [4.69, 9.17) is 0 Å². The van der Waals surface area contributed by atoms with E-state index < -0.39 is 0 Å². The molecule has 1 unspecified atom stereocenters. The highest BCUT2D eigenvalue weighted by atomic mass is 32.2. The Hall–Kier alpha value is -0.840. The summed E-state index contributed by atoms with van der Waals surface area (Å²) in [6.45, 7) is 2.06. The van der Waals surface area contributed by atoms with Crippen molar-refractivity contribution in [3.05, 3.63) is 46.4 Å². The van der Waals surface area contributed by atoms with Crippen molar-refractivity contribution >= 4 is 23.1 Å². The van der Waals surface area contributed by atoms with Gasteiger partial charge in [0.05, 0.1) is 11.2 Å². The Morgan fingerprint density at radius 3 is 3.11 bits per heavy atom. The summed E-state index contributed by atoms with van der Waals surface area (Å²) in [5.41, 5.74) is 4.61. The normalized spacial score (nSPS) is 18.2. The van der Waals surface area contributed by atoms with Crippen molar-refractivity contribution in [1.82, 2.24) is 9.88 Å². The summed E-state index contributed by atoms with van der Waals surface area (Å²) >= 11 is 3.66. The minimum absolute atomic E-state index is 0.662. The number of thiazole rings is 1. The lowest BCUT2D eigenvalue weighted by molar-refractivity contribution is 0.308. The van der Waals surface area contributed by atoms with Crippen molar-refractivity contribution < 1.29 is 0 Å². The molecule has 1 aromatic carbocycles. The number of rotatable bonds is 4. The maximum atomic E-state index is 4.35. The van der Waals surface area contributed by atoms with Gasteiger partial charge in [0.1, 0.15) is 0 Å². The number of aromatic nitrogens is 1. The van der Waals surface area contributed by atoms with Crippen molar-refractivity contribution in [3.8, 4) is 0 Å². The summed E-state index contributed by atoms with van der Waals surface area (Å²) in [7, 11) is 2.19. The highest BCUT2D eigenvalue weighted by Crippen LogP contribution is 2.39. The number of benzene rings is 1. The van der Waals surface area contributed by atoms with E-state index in [0.29, 0.717) is 5.92 Å². The molecule has 94 valence electrons. The summed E-state index contributed by atoms with van der Waals surface area (Å²) in [5.74, 6) is 1.87. The maximum Gasteiger partial charge on any atom is 0.0795 e. The van der Waals surface area contributed by atoms with Crippen LogP contribution in [0.15, 0.2) is 40.1 Å². The first-order valence-corrected chi connectivity index (χ1v) is 8.03. The summed E-state index contributed by atoms with van der Waals surface area (Å²) in [5, 5.41) is 2.13. The topological polar surface area (TPSA) is 16.1 Å². The fourth-order valence-electron chi connectivity index (χ4n) is 2.41. The van der Waals surface area contributed by atoms with Crippen LogP contribution in [0.4, 0.5) is 0 Å². The molecule has 2 nitrogen and oxygen atoms in total. The van der Waals surface area contributed by atoms with E-state index in [1.165, 1.54) is 21.9 Å². The molecule has 3 rings (SSSR count). The van der Waals surface area contributed by atoms with Gasteiger partial charge in [0, 0.05) is 35.0 Å². The molecule has 0 radical (unpaired) electrons. The van der Waals surface area contributed by atoms with E-state index in [0.717, 1.165) is 13.1 Å². The molecular formula is C14H16N2S2. The quantitative estimate of drug-likeness (QED) is 0.850. The SMILES string of the molecule is CN(Cc1cscn1)CC1CSc2ccccc21. The number of hydrogen-bond donors (Lipinski definition) is 0. The molecule has 0 bridgehead atoms. The number of likely N-dealkylation sites (N-methyl/N-ethyl adjacent to an activating group) is 1. The number of fused-ring (bicyclic) bond motifs is 1. The predicted molar refractivity (Wildman–Crippen MR) is 78.4 cm³/mol. The minimum atomic E-state index is 0.662. The minimum Gasteiger partial charge on any atom is -0.300 e. The van der Waals surface area contributed by atoms with Crippen LogP contribution in [0, 0.1) is 0 Å². The summed E-state index contributed by atoms with van der Waals surface area (Å²) in [4.78, 5) is 8.19. The van der Waals surface area contributed by atoms with Crippen LogP contribution in [0.2, 0.25) is 0 Å². The van der Waals surface area contributed by atoms with Crippen molar-refractivity contribution in [2.45, 2.75) is 17.4 Å². The molecule has 1 atom stereocenters. The second kappa shape index (κ2) is 5.43. The second-order valence-corrected chi connectivity index (χ2v) is 6.50. The van der Waals surface area contributed by atoms with Crippen LogP contribution in [0.3, 0.4) is 0 Å². The molecule has 4 heteroatoms. The molecule has 0 amide bonds. The van der Waals surface area contributed by atoms with Crippen LogP contribution in [0.5, 0.6) is 0 Å². The van der Waals surface area contributed by atoms with Gasteiger partial charge in [0.25, 0.3) is 0 Å². The van der Waals surface area contributed by atoms with E-state index in [1.54, 1.807) is 11.3 Å². The van der Waals surface area contributed by atoms with Gasteiger partial charge >= 0.3 is 0 Å². The van der Waals surface area contributed by atoms with Crippen LogP contribution in [0.1, 0.15) is 17.2 Å². The maximum absolute atomic E-state index is 4.35. The largest absolute Gasteiger partial charge is 0.300 e. The first kappa shape index (κ1) is 12.2. The molecule has 1 aliphatic heterocycles. The van der Waals surface area contributed by atoms with Crippen LogP contribution in [-0.2, 0) is 6.54 Å². The molecule has 0 saturated heterocycles. The van der Waals surface area contributed by atoms with E-state index in [1.807, 2.05) is 17.3 Å². The Kier molecular flexibility index (Phi) is 3.68. The molecule has 0 spiro atoms. The van der Waals surface area contributed by atoms with Crippen molar-refractivity contribution in [3.63, 3.8) is 0 Å². The summed E-state index contributed by atoms with van der Waals surface area (Å²) in [6.07, 6.45) is 0. The van der Waals surface area contributed by atoms with Gasteiger partial charge in [-0.3, -0.25) is 4.90 Å². The third-order valence-electron chi connectivity index (χ3n) is 3.25. The molecule has 0 saturated carbocycles. The summed E-state index contributed by atoms with van der Waals surface area (Å²) < 4.78 is 0. The molecular weight excluding hydrogens is 260 g/mol. The van der Waals surface area contributed by atoms with Gasteiger partial charge in [-0.25, -0.2) is 4.98 Å². The lowest BCUT2D eigenvalue weighted by Crippen LogP contribution is -2.24. The van der Waals surface area contributed by atoms with Gasteiger partial charge in [0.15, 0.2) is 0 Å². The van der Waals surface area contributed by atoms with Gasteiger partial charge in [-0.1, -0.05) is 18.2 Å². The molecule has 18 heavy (non-hydrogen) atoms. The molecule has 1 aromatic heterocycles. The lowest BCUT2D eigenvalue weighted by Gasteiger charge is -2.20. The first-order valence-electron chi connectivity index (χ1n) is 6.10. The van der Waals surface area contributed by atoms with Gasteiger partial charge in [0.2, 0.25) is 0 Å². The van der Waals surface area contributed by atoms with Crippen LogP contribution < -0.4 is 0 Å². The zero-order valence-corrected chi connectivity index (χ0v) is 12.0. The Balaban J connectivity index is 1.64. The highest BCUT2D eigenvalue weighted by Gasteiger charge is 2.23. The van der Waals surface area contributed by atoms with Gasteiger partial charge in [-0.2, -0.15) is 0 Å². The highest BCUT2D eigenvalue weighted by molar-refractivity contribution is 7.99. The van der Waals surface area contributed by atoms with Crippen LogP contribution in [-0.4, -0.2) is 29.2 Å². The fourth-order valence-corrected chi connectivity index (χ4v) is 4.20. The number of hydrogen-bond acceptors (Lipinski definition) is 4. The Labute approximate surface area is 116 Å². The Morgan fingerprint density at radius 2 is 2.28 bits per heavy atom. The average Bonchev–Trinajstić information content (AvgIpc) is 3.00. The fraction of sp³-hybridized carbons (Fsp3) is 0.357. The van der Waals surface area contributed by atoms with Crippen LogP contribution in [0.25, 0.3) is 0 Å². The number of nitrogens with zero attached hydrogens (tertiary/aromatic N) is 2. The second-order valence-electron chi connectivity index (χ2n) is 4.72. The van der Waals surface area contributed by atoms with Gasteiger partial charge < -0.3 is 0 Å². The monoisotopic (exact) mass is 276 g/mol. The Bertz CT molecular complexity index is 510. The first-order chi connectivity index (χ1) is 8.83. The molecule has 2 aromatic rings. The molecule has 0 aliphatic carbocycles. The molecule has 0 fully saturated rings. The van der Waals surface area contributed by atoms with Crippen LogP contribution >= 0.6 is 23.1 Å². The van der Waals surface area contributed by atoms with E-state index in [9.17, 15) is 0 Å². The average molecular weight is 276 g/mol. The zero-order valence-electron chi connectivity index (χ0n) is 10.4. The van der Waals surface area contributed by atoms with Gasteiger partial charge in [-0.05, 0) is 18.7 Å². The molecule has 2 heterocycles. The van der Waals surface area contributed by atoms with Crippen molar-refractivity contribution in [2.75, 3.05) is 19.3 Å². The zero-order chi connectivity index (χ0) is 12.4. The smallest absolute Gasteiger partial charge is 0.0795 e.